The highest BCUT2D eigenvalue weighted by Gasteiger charge is 2.20. The molecule has 0 aliphatic rings. The van der Waals surface area contributed by atoms with Gasteiger partial charge in [0.15, 0.2) is 0 Å². The lowest BCUT2D eigenvalue weighted by atomic mass is 9.90. The summed E-state index contributed by atoms with van der Waals surface area (Å²) in [6.45, 7) is 2.09. The Morgan fingerprint density at radius 1 is 1.41 bits per heavy atom. The fourth-order valence-electron chi connectivity index (χ4n) is 1.68. The molecule has 94 valence electrons. The average Bonchev–Trinajstić information content (AvgIpc) is 2.28. The van der Waals surface area contributed by atoms with Crippen LogP contribution in [0.25, 0.3) is 0 Å². The number of benzene rings is 1. The van der Waals surface area contributed by atoms with Gasteiger partial charge in [-0.05, 0) is 30.0 Å². The lowest BCUT2D eigenvalue weighted by molar-refractivity contribution is -0.141. The predicted molar refractivity (Wildman–Crippen MR) is 69.7 cm³/mol. The topological polar surface area (TPSA) is 63.3 Å². The van der Waals surface area contributed by atoms with E-state index in [1.165, 1.54) is 0 Å². The smallest absolute Gasteiger partial charge is 0.307 e. The van der Waals surface area contributed by atoms with Gasteiger partial charge in [0.05, 0.1) is 16.0 Å². The summed E-state index contributed by atoms with van der Waals surface area (Å²) < 4.78 is 0. The van der Waals surface area contributed by atoms with E-state index in [0.29, 0.717) is 16.5 Å². The second-order valence-electron chi connectivity index (χ2n) is 4.08. The Kier molecular flexibility index (Phi) is 5.25. The first-order valence-corrected chi connectivity index (χ1v) is 6.09. The van der Waals surface area contributed by atoms with Gasteiger partial charge in [0.25, 0.3) is 0 Å². The van der Waals surface area contributed by atoms with Gasteiger partial charge in [-0.1, -0.05) is 36.2 Å². The van der Waals surface area contributed by atoms with Crippen LogP contribution >= 0.6 is 23.2 Å². The molecule has 17 heavy (non-hydrogen) atoms. The minimum absolute atomic E-state index is 0.0782. The molecule has 0 bridgehead atoms. The van der Waals surface area contributed by atoms with Gasteiger partial charge in [0.1, 0.15) is 0 Å². The fourth-order valence-corrected chi connectivity index (χ4v) is 1.99. The number of carboxylic acid groups (broad SMARTS) is 1. The number of carbonyl (C=O) groups is 1. The Bertz CT molecular complexity index is 409. The van der Waals surface area contributed by atoms with E-state index < -0.39 is 11.9 Å². The largest absolute Gasteiger partial charge is 0.481 e. The molecule has 0 fully saturated rings. The van der Waals surface area contributed by atoms with Crippen LogP contribution in [0, 0.1) is 5.92 Å². The Morgan fingerprint density at radius 3 is 2.53 bits per heavy atom. The Morgan fingerprint density at radius 2 is 2.06 bits per heavy atom. The van der Waals surface area contributed by atoms with Crippen LogP contribution in [0.5, 0.6) is 0 Å². The van der Waals surface area contributed by atoms with Crippen molar-refractivity contribution in [1.29, 1.82) is 0 Å². The van der Waals surface area contributed by atoms with Crippen molar-refractivity contribution >= 4 is 29.2 Å². The normalized spacial score (nSPS) is 14.4. The van der Waals surface area contributed by atoms with Crippen molar-refractivity contribution in [3.05, 3.63) is 33.8 Å². The minimum atomic E-state index is -0.862. The number of halogens is 2. The maximum Gasteiger partial charge on any atom is 0.307 e. The monoisotopic (exact) mass is 275 g/mol. The van der Waals surface area contributed by atoms with Crippen molar-refractivity contribution < 1.29 is 9.90 Å². The standard InChI is InChI=1S/C12H15Cl2NO2/c1-7(4-9(6-15)12(16)17)8-2-3-10(13)11(14)5-8/h2-3,5,7,9H,4,6,15H2,1H3,(H,16,17). The van der Waals surface area contributed by atoms with Crippen LogP contribution in [-0.4, -0.2) is 17.6 Å². The molecule has 1 aromatic rings. The maximum atomic E-state index is 10.9. The maximum absolute atomic E-state index is 10.9. The second-order valence-corrected chi connectivity index (χ2v) is 4.90. The zero-order valence-electron chi connectivity index (χ0n) is 9.49. The zero-order chi connectivity index (χ0) is 13.0. The fraction of sp³-hybridized carbons (Fsp3) is 0.417. The molecule has 0 saturated carbocycles. The molecular formula is C12H15Cl2NO2. The van der Waals surface area contributed by atoms with Gasteiger partial charge in [0.2, 0.25) is 0 Å². The van der Waals surface area contributed by atoms with Crippen LogP contribution in [0.15, 0.2) is 18.2 Å². The first-order chi connectivity index (χ1) is 7.95. The van der Waals surface area contributed by atoms with Gasteiger partial charge in [-0.15, -0.1) is 0 Å². The Balaban J connectivity index is 2.78. The van der Waals surface area contributed by atoms with Crippen LogP contribution in [0.2, 0.25) is 10.0 Å². The summed E-state index contributed by atoms with van der Waals surface area (Å²) in [4.78, 5) is 10.9. The molecule has 0 saturated heterocycles. The van der Waals surface area contributed by atoms with E-state index in [-0.39, 0.29) is 12.5 Å². The quantitative estimate of drug-likeness (QED) is 0.868. The zero-order valence-corrected chi connectivity index (χ0v) is 11.0. The molecule has 0 spiro atoms. The van der Waals surface area contributed by atoms with E-state index in [0.717, 1.165) is 5.56 Å². The van der Waals surface area contributed by atoms with Gasteiger partial charge in [-0.25, -0.2) is 0 Å². The van der Waals surface area contributed by atoms with Gasteiger partial charge >= 0.3 is 5.97 Å². The van der Waals surface area contributed by atoms with Crippen molar-refractivity contribution in [3.8, 4) is 0 Å². The van der Waals surface area contributed by atoms with Crippen molar-refractivity contribution in [2.24, 2.45) is 11.7 Å². The average molecular weight is 276 g/mol. The molecule has 0 radical (unpaired) electrons. The molecule has 1 aromatic carbocycles. The lowest BCUT2D eigenvalue weighted by Crippen LogP contribution is -2.24. The summed E-state index contributed by atoms with van der Waals surface area (Å²) in [5, 5.41) is 9.92. The van der Waals surface area contributed by atoms with Gasteiger partial charge in [-0.2, -0.15) is 0 Å². The number of nitrogens with two attached hydrogens (primary N) is 1. The number of rotatable bonds is 5. The molecule has 3 nitrogen and oxygen atoms in total. The Labute approximate surface area is 111 Å². The van der Waals surface area contributed by atoms with E-state index in [4.69, 9.17) is 34.0 Å². The highest BCUT2D eigenvalue weighted by atomic mass is 35.5. The molecule has 2 atom stereocenters. The van der Waals surface area contributed by atoms with Crippen molar-refractivity contribution in [2.45, 2.75) is 19.3 Å². The number of hydrogen-bond acceptors (Lipinski definition) is 2. The van der Waals surface area contributed by atoms with E-state index in [2.05, 4.69) is 0 Å². The van der Waals surface area contributed by atoms with Crippen LogP contribution in [0.4, 0.5) is 0 Å². The van der Waals surface area contributed by atoms with Gasteiger partial charge < -0.3 is 10.8 Å². The molecule has 3 N–H and O–H groups in total. The highest BCUT2D eigenvalue weighted by Crippen LogP contribution is 2.29. The van der Waals surface area contributed by atoms with E-state index >= 15 is 0 Å². The molecule has 5 heteroatoms. The minimum Gasteiger partial charge on any atom is -0.481 e. The van der Waals surface area contributed by atoms with E-state index in [9.17, 15) is 4.79 Å². The molecule has 0 aliphatic heterocycles. The summed E-state index contributed by atoms with van der Waals surface area (Å²) >= 11 is 11.7. The predicted octanol–water partition coefficient (Wildman–Crippen LogP) is 3.15. The van der Waals surface area contributed by atoms with Crippen LogP contribution in [0.3, 0.4) is 0 Å². The third kappa shape index (κ3) is 3.87. The molecular weight excluding hydrogens is 261 g/mol. The molecule has 0 aromatic heterocycles. The number of hydrogen-bond donors (Lipinski definition) is 2. The van der Waals surface area contributed by atoms with Gasteiger partial charge in [-0.3, -0.25) is 4.79 Å². The van der Waals surface area contributed by atoms with Crippen molar-refractivity contribution in [2.75, 3.05) is 6.54 Å². The summed E-state index contributed by atoms with van der Waals surface area (Å²) in [5.74, 6) is -1.31. The highest BCUT2D eigenvalue weighted by molar-refractivity contribution is 6.42. The molecule has 0 amide bonds. The van der Waals surface area contributed by atoms with Gasteiger partial charge in [0, 0.05) is 6.54 Å². The van der Waals surface area contributed by atoms with Crippen LogP contribution < -0.4 is 5.73 Å². The summed E-state index contributed by atoms with van der Waals surface area (Å²) in [7, 11) is 0. The first-order valence-electron chi connectivity index (χ1n) is 5.33. The third-order valence-electron chi connectivity index (χ3n) is 2.78. The second kappa shape index (κ2) is 6.24. The summed E-state index contributed by atoms with van der Waals surface area (Å²) in [6, 6.07) is 5.34. The molecule has 0 heterocycles. The van der Waals surface area contributed by atoms with E-state index in [1.807, 2.05) is 13.0 Å². The van der Waals surface area contributed by atoms with Crippen LogP contribution in [-0.2, 0) is 4.79 Å². The third-order valence-corrected chi connectivity index (χ3v) is 3.52. The van der Waals surface area contributed by atoms with Crippen molar-refractivity contribution in [1.82, 2.24) is 0 Å². The van der Waals surface area contributed by atoms with E-state index in [1.54, 1.807) is 12.1 Å². The van der Waals surface area contributed by atoms with Crippen LogP contribution in [0.1, 0.15) is 24.8 Å². The summed E-state index contributed by atoms with van der Waals surface area (Å²) in [5.41, 5.74) is 6.40. The summed E-state index contributed by atoms with van der Waals surface area (Å²) in [6.07, 6.45) is 0.490. The molecule has 0 aliphatic carbocycles. The Hall–Kier alpha value is -0.770. The first kappa shape index (κ1) is 14.3. The lowest BCUT2D eigenvalue weighted by Gasteiger charge is -2.17. The molecule has 2 unspecified atom stereocenters. The van der Waals surface area contributed by atoms with Crippen molar-refractivity contribution in [3.63, 3.8) is 0 Å². The number of aliphatic carboxylic acids is 1. The SMILES string of the molecule is CC(CC(CN)C(=O)O)c1ccc(Cl)c(Cl)c1. The molecule has 1 rings (SSSR count). The number of carboxylic acids is 1.